The van der Waals surface area contributed by atoms with Crippen molar-refractivity contribution in [1.29, 1.82) is 0 Å². The van der Waals surface area contributed by atoms with Crippen molar-refractivity contribution >= 4 is 28.4 Å². The SMILES string of the molecule is Cc1cnc(-c2c(Cl)c3ccccc3n2-c2ccc(CNC(=O)C3(N)CC3)cc2)o1. The third-order valence-corrected chi connectivity index (χ3v) is 5.91. The normalized spacial score (nSPS) is 14.8. The number of hydrogen-bond acceptors (Lipinski definition) is 4. The molecular weight excluding hydrogens is 400 g/mol. The average molecular weight is 421 g/mol. The molecule has 5 rings (SSSR count). The number of aromatic nitrogens is 2. The number of hydrogen-bond donors (Lipinski definition) is 2. The number of amides is 1. The number of rotatable bonds is 5. The molecule has 0 radical (unpaired) electrons. The summed E-state index contributed by atoms with van der Waals surface area (Å²) in [5, 5.41) is 4.45. The van der Waals surface area contributed by atoms with Gasteiger partial charge in [-0.3, -0.25) is 4.79 Å². The van der Waals surface area contributed by atoms with Gasteiger partial charge in [0.25, 0.3) is 0 Å². The van der Waals surface area contributed by atoms with E-state index in [0.29, 0.717) is 23.2 Å². The van der Waals surface area contributed by atoms with Crippen LogP contribution in [-0.4, -0.2) is 21.0 Å². The lowest BCUT2D eigenvalue weighted by atomic mass is 10.2. The molecule has 0 spiro atoms. The fraction of sp³-hybridized carbons (Fsp3) is 0.217. The molecule has 2 heterocycles. The molecule has 1 amide bonds. The van der Waals surface area contributed by atoms with Crippen LogP contribution in [0.25, 0.3) is 28.2 Å². The molecule has 1 fully saturated rings. The minimum Gasteiger partial charge on any atom is -0.440 e. The zero-order chi connectivity index (χ0) is 20.9. The number of nitrogens with zero attached hydrogens (tertiary/aromatic N) is 2. The number of fused-ring (bicyclic) bond motifs is 1. The molecule has 0 atom stereocenters. The van der Waals surface area contributed by atoms with Crippen molar-refractivity contribution in [3.8, 4) is 17.3 Å². The first-order valence-electron chi connectivity index (χ1n) is 9.84. The van der Waals surface area contributed by atoms with Gasteiger partial charge in [0.05, 0.1) is 22.3 Å². The molecule has 4 aromatic rings. The maximum Gasteiger partial charge on any atom is 0.245 e. The molecule has 7 heteroatoms. The topological polar surface area (TPSA) is 86.1 Å². The molecule has 2 aromatic heterocycles. The second kappa shape index (κ2) is 7.00. The number of halogens is 1. The Bertz CT molecular complexity index is 1250. The minimum absolute atomic E-state index is 0.0867. The van der Waals surface area contributed by atoms with Gasteiger partial charge in [0.15, 0.2) is 0 Å². The molecule has 2 aromatic carbocycles. The summed E-state index contributed by atoms with van der Waals surface area (Å²) in [6, 6.07) is 15.9. The molecule has 0 unspecified atom stereocenters. The Hall–Kier alpha value is -3.09. The van der Waals surface area contributed by atoms with Crippen LogP contribution in [0.1, 0.15) is 24.2 Å². The number of carbonyl (C=O) groups is 1. The van der Waals surface area contributed by atoms with Gasteiger partial charge in [0.2, 0.25) is 11.8 Å². The second-order valence-corrected chi connectivity index (χ2v) is 8.17. The summed E-state index contributed by atoms with van der Waals surface area (Å²) in [5.74, 6) is 1.11. The molecule has 1 aliphatic rings. The summed E-state index contributed by atoms with van der Waals surface area (Å²) < 4.78 is 7.84. The third kappa shape index (κ3) is 3.18. The van der Waals surface area contributed by atoms with Crippen LogP contribution in [0.2, 0.25) is 5.02 Å². The van der Waals surface area contributed by atoms with E-state index in [1.54, 1.807) is 6.20 Å². The highest BCUT2D eigenvalue weighted by atomic mass is 35.5. The molecule has 6 nitrogen and oxygen atoms in total. The standard InChI is InChI=1S/C23H21ClN4O2/c1-14-12-26-21(30-14)20-19(24)17-4-2-3-5-18(17)28(20)16-8-6-15(7-9-16)13-27-22(29)23(25)10-11-23/h2-9,12H,10-11,13,25H2,1H3,(H,27,29). The summed E-state index contributed by atoms with van der Waals surface area (Å²) in [7, 11) is 0. The summed E-state index contributed by atoms with van der Waals surface area (Å²) in [4.78, 5) is 16.5. The summed E-state index contributed by atoms with van der Waals surface area (Å²) >= 11 is 6.74. The smallest absolute Gasteiger partial charge is 0.245 e. The van der Waals surface area contributed by atoms with E-state index in [9.17, 15) is 4.79 Å². The Morgan fingerprint density at radius 2 is 1.97 bits per heavy atom. The lowest BCUT2D eigenvalue weighted by molar-refractivity contribution is -0.123. The third-order valence-electron chi connectivity index (χ3n) is 5.53. The molecule has 3 N–H and O–H groups in total. The lowest BCUT2D eigenvalue weighted by Crippen LogP contribution is -2.42. The van der Waals surface area contributed by atoms with Crippen molar-refractivity contribution in [1.82, 2.24) is 14.9 Å². The molecule has 0 aliphatic heterocycles. The van der Waals surface area contributed by atoms with Crippen molar-refractivity contribution in [2.75, 3.05) is 0 Å². The van der Waals surface area contributed by atoms with Gasteiger partial charge in [0, 0.05) is 17.6 Å². The van der Waals surface area contributed by atoms with Gasteiger partial charge in [-0.25, -0.2) is 4.98 Å². The number of nitrogens with one attached hydrogen (secondary N) is 1. The monoisotopic (exact) mass is 420 g/mol. The van der Waals surface area contributed by atoms with E-state index in [1.165, 1.54) is 0 Å². The van der Waals surface area contributed by atoms with Crippen molar-refractivity contribution in [2.24, 2.45) is 5.73 Å². The molecule has 30 heavy (non-hydrogen) atoms. The van der Waals surface area contributed by atoms with E-state index in [1.807, 2.05) is 60.0 Å². The van der Waals surface area contributed by atoms with Crippen LogP contribution in [0.3, 0.4) is 0 Å². The number of aryl methyl sites for hydroxylation is 1. The first-order chi connectivity index (χ1) is 14.5. The molecule has 0 saturated heterocycles. The van der Waals surface area contributed by atoms with Gasteiger partial charge in [-0.15, -0.1) is 0 Å². The van der Waals surface area contributed by atoms with Crippen LogP contribution in [0.5, 0.6) is 0 Å². The Kier molecular flexibility index (Phi) is 4.41. The number of benzene rings is 2. The molecule has 1 aliphatic carbocycles. The summed E-state index contributed by atoms with van der Waals surface area (Å²) in [6.07, 6.45) is 3.19. The van der Waals surface area contributed by atoms with Gasteiger partial charge in [0.1, 0.15) is 11.5 Å². The lowest BCUT2D eigenvalue weighted by Gasteiger charge is -2.12. The number of oxazole rings is 1. The van der Waals surface area contributed by atoms with Gasteiger partial charge < -0.3 is 20.0 Å². The quantitative estimate of drug-likeness (QED) is 0.502. The Labute approximate surface area is 178 Å². The Balaban J connectivity index is 1.52. The van der Waals surface area contributed by atoms with Crippen molar-refractivity contribution in [2.45, 2.75) is 31.8 Å². The van der Waals surface area contributed by atoms with E-state index >= 15 is 0 Å². The number of nitrogens with two attached hydrogens (primary N) is 1. The van der Waals surface area contributed by atoms with E-state index in [4.69, 9.17) is 21.8 Å². The van der Waals surface area contributed by atoms with E-state index in [-0.39, 0.29) is 5.91 Å². The van der Waals surface area contributed by atoms with Crippen molar-refractivity contribution < 1.29 is 9.21 Å². The maximum atomic E-state index is 12.1. The number of para-hydroxylation sites is 1. The largest absolute Gasteiger partial charge is 0.440 e. The van der Waals surface area contributed by atoms with Crippen LogP contribution < -0.4 is 11.1 Å². The van der Waals surface area contributed by atoms with Gasteiger partial charge in [-0.05, 0) is 43.5 Å². The summed E-state index contributed by atoms with van der Waals surface area (Å²) in [6.45, 7) is 2.30. The molecule has 0 bridgehead atoms. The fourth-order valence-electron chi connectivity index (χ4n) is 3.61. The van der Waals surface area contributed by atoms with Gasteiger partial charge in [-0.2, -0.15) is 0 Å². The predicted octanol–water partition coefficient (Wildman–Crippen LogP) is 4.35. The first kappa shape index (κ1) is 18.9. The predicted molar refractivity (Wildman–Crippen MR) is 117 cm³/mol. The fourth-order valence-corrected chi connectivity index (χ4v) is 3.93. The van der Waals surface area contributed by atoms with E-state index in [2.05, 4.69) is 10.3 Å². The minimum atomic E-state index is -0.663. The number of carbonyl (C=O) groups excluding carboxylic acids is 1. The second-order valence-electron chi connectivity index (χ2n) is 7.80. The first-order valence-corrected chi connectivity index (χ1v) is 10.2. The Morgan fingerprint density at radius 1 is 1.23 bits per heavy atom. The highest BCUT2D eigenvalue weighted by Gasteiger charge is 2.45. The van der Waals surface area contributed by atoms with Gasteiger partial charge in [-0.1, -0.05) is 41.9 Å². The van der Waals surface area contributed by atoms with Crippen molar-refractivity contribution in [3.05, 3.63) is 71.1 Å². The van der Waals surface area contributed by atoms with Crippen LogP contribution in [-0.2, 0) is 11.3 Å². The molecule has 152 valence electrons. The van der Waals surface area contributed by atoms with Crippen molar-refractivity contribution in [3.63, 3.8) is 0 Å². The van der Waals surface area contributed by atoms with E-state index in [0.717, 1.165) is 40.8 Å². The average Bonchev–Trinajstić information content (AvgIpc) is 3.26. The zero-order valence-corrected chi connectivity index (χ0v) is 17.2. The van der Waals surface area contributed by atoms with Crippen LogP contribution in [0.4, 0.5) is 0 Å². The molecule has 1 saturated carbocycles. The summed E-state index contributed by atoms with van der Waals surface area (Å²) in [5.41, 5.74) is 8.88. The highest BCUT2D eigenvalue weighted by molar-refractivity contribution is 6.38. The van der Waals surface area contributed by atoms with Crippen LogP contribution >= 0.6 is 11.6 Å². The Morgan fingerprint density at radius 3 is 2.63 bits per heavy atom. The highest BCUT2D eigenvalue weighted by Crippen LogP contribution is 2.39. The van der Waals surface area contributed by atoms with Gasteiger partial charge >= 0.3 is 0 Å². The zero-order valence-electron chi connectivity index (χ0n) is 16.5. The van der Waals surface area contributed by atoms with Crippen LogP contribution in [0, 0.1) is 6.92 Å². The van der Waals surface area contributed by atoms with E-state index < -0.39 is 5.54 Å². The van der Waals surface area contributed by atoms with Crippen LogP contribution in [0.15, 0.2) is 59.1 Å². The molecular formula is C23H21ClN4O2. The maximum absolute atomic E-state index is 12.1.